The Kier molecular flexibility index (Phi) is 7.24. The van der Waals surface area contributed by atoms with Gasteiger partial charge >= 0.3 is 0 Å². The number of sulfonamides is 2. The molecule has 0 spiro atoms. The third-order valence-corrected chi connectivity index (χ3v) is 7.46. The van der Waals surface area contributed by atoms with Gasteiger partial charge in [0.2, 0.25) is 20.0 Å². The third-order valence-electron chi connectivity index (χ3n) is 4.00. The molecule has 0 aliphatic carbocycles. The molecule has 0 aromatic heterocycles. The van der Waals surface area contributed by atoms with E-state index in [0.717, 1.165) is 4.31 Å². The van der Waals surface area contributed by atoms with Crippen LogP contribution >= 0.6 is 0 Å². The number of nitrogens with zero attached hydrogens (tertiary/aromatic N) is 1. The van der Waals surface area contributed by atoms with Gasteiger partial charge in [0.05, 0.1) is 22.6 Å². The minimum atomic E-state index is -3.78. The van der Waals surface area contributed by atoms with Gasteiger partial charge in [0.15, 0.2) is 0 Å². The molecule has 11 heteroatoms. The Morgan fingerprint density at radius 2 is 1.67 bits per heavy atom. The molecule has 9 nitrogen and oxygen atoms in total. The van der Waals surface area contributed by atoms with Crippen molar-refractivity contribution in [2.24, 2.45) is 0 Å². The Hall–Kier alpha value is -2.47. The van der Waals surface area contributed by atoms with Gasteiger partial charge in [-0.3, -0.25) is 4.79 Å². The number of amides is 1. The van der Waals surface area contributed by atoms with Gasteiger partial charge < -0.3 is 10.1 Å². The molecule has 0 atom stereocenters. The number of rotatable bonds is 8. The third kappa shape index (κ3) is 5.36. The molecule has 2 N–H and O–H groups in total. The number of hydrogen-bond acceptors (Lipinski definition) is 6. The number of carbonyl (C=O) groups excluding carboxylic acids is 1. The summed E-state index contributed by atoms with van der Waals surface area (Å²) in [5.41, 5.74) is 0.226. The van der Waals surface area contributed by atoms with Crippen LogP contribution in [0.25, 0.3) is 0 Å². The lowest BCUT2D eigenvalue weighted by molar-refractivity contribution is 0.102. The average Bonchev–Trinajstić information content (AvgIpc) is 2.66. The lowest BCUT2D eigenvalue weighted by atomic mass is 10.2. The van der Waals surface area contributed by atoms with Crippen LogP contribution in [0.1, 0.15) is 24.2 Å². The molecule has 0 aliphatic rings. The number of anilines is 1. The molecule has 0 bridgehead atoms. The number of benzene rings is 2. The highest BCUT2D eigenvalue weighted by molar-refractivity contribution is 7.89. The Balaban J connectivity index is 2.40. The molecule has 0 saturated heterocycles. The monoisotopic (exact) mass is 455 g/mol. The van der Waals surface area contributed by atoms with Gasteiger partial charge in [-0.2, -0.15) is 0 Å². The zero-order valence-electron chi connectivity index (χ0n) is 17.3. The van der Waals surface area contributed by atoms with Gasteiger partial charge in [0.25, 0.3) is 5.91 Å². The molecule has 164 valence electrons. The minimum Gasteiger partial charge on any atom is -0.495 e. The second-order valence-electron chi connectivity index (χ2n) is 6.91. The van der Waals surface area contributed by atoms with Gasteiger partial charge in [0, 0.05) is 25.7 Å². The van der Waals surface area contributed by atoms with Crippen LogP contribution in [-0.2, 0) is 20.0 Å². The molecule has 2 aromatic rings. The van der Waals surface area contributed by atoms with E-state index in [-0.39, 0.29) is 32.8 Å². The van der Waals surface area contributed by atoms with Crippen LogP contribution < -0.4 is 14.8 Å². The fourth-order valence-corrected chi connectivity index (χ4v) is 4.76. The molecular weight excluding hydrogens is 430 g/mol. The molecule has 1 amide bonds. The first-order valence-corrected chi connectivity index (χ1v) is 11.8. The molecule has 2 rings (SSSR count). The average molecular weight is 456 g/mol. The summed E-state index contributed by atoms with van der Waals surface area (Å²) in [5, 5.41) is 2.59. The molecule has 0 radical (unpaired) electrons. The lowest BCUT2D eigenvalue weighted by Crippen LogP contribution is -2.30. The quantitative estimate of drug-likeness (QED) is 0.627. The van der Waals surface area contributed by atoms with E-state index in [0.29, 0.717) is 0 Å². The minimum absolute atomic E-state index is 0.0374. The van der Waals surface area contributed by atoms with Gasteiger partial charge in [-0.05, 0) is 50.2 Å². The normalized spacial score (nSPS) is 12.2. The second kappa shape index (κ2) is 9.13. The molecule has 30 heavy (non-hydrogen) atoms. The maximum absolute atomic E-state index is 12.7. The van der Waals surface area contributed by atoms with Crippen LogP contribution in [0.2, 0.25) is 0 Å². The van der Waals surface area contributed by atoms with E-state index >= 15 is 0 Å². The Labute approximate surface area is 177 Å². The van der Waals surface area contributed by atoms with Gasteiger partial charge in [-0.25, -0.2) is 25.9 Å². The summed E-state index contributed by atoms with van der Waals surface area (Å²) in [4.78, 5) is 12.6. The second-order valence-corrected chi connectivity index (χ2v) is 10.8. The first-order valence-electron chi connectivity index (χ1n) is 8.93. The molecule has 0 unspecified atom stereocenters. The van der Waals surface area contributed by atoms with Crippen LogP contribution in [0.4, 0.5) is 5.69 Å². The van der Waals surface area contributed by atoms with E-state index in [1.165, 1.54) is 63.7 Å². The van der Waals surface area contributed by atoms with E-state index in [2.05, 4.69) is 10.0 Å². The zero-order valence-corrected chi connectivity index (χ0v) is 19.0. The fraction of sp³-hybridized carbons (Fsp3) is 0.316. The largest absolute Gasteiger partial charge is 0.495 e. The number of carbonyl (C=O) groups is 1. The van der Waals surface area contributed by atoms with E-state index in [4.69, 9.17) is 4.74 Å². The lowest BCUT2D eigenvalue weighted by Gasteiger charge is -2.15. The SMILES string of the molecule is COc1ccc(S(=O)(=O)NC(C)C)cc1NC(=O)c1cccc(S(=O)(=O)N(C)C)c1. The highest BCUT2D eigenvalue weighted by Crippen LogP contribution is 2.28. The van der Waals surface area contributed by atoms with Gasteiger partial charge in [0.1, 0.15) is 5.75 Å². The van der Waals surface area contributed by atoms with E-state index in [9.17, 15) is 21.6 Å². The maximum Gasteiger partial charge on any atom is 0.255 e. The smallest absolute Gasteiger partial charge is 0.255 e. The van der Waals surface area contributed by atoms with Gasteiger partial charge in [-0.1, -0.05) is 6.07 Å². The number of hydrogen-bond donors (Lipinski definition) is 2. The highest BCUT2D eigenvalue weighted by atomic mass is 32.2. The highest BCUT2D eigenvalue weighted by Gasteiger charge is 2.21. The summed E-state index contributed by atoms with van der Waals surface area (Å²) < 4.78 is 58.2. The maximum atomic E-state index is 12.7. The Bertz CT molecular complexity index is 1140. The molecule has 0 heterocycles. The predicted molar refractivity (Wildman–Crippen MR) is 114 cm³/mol. The van der Waals surface area contributed by atoms with Crippen LogP contribution in [0.15, 0.2) is 52.3 Å². The van der Waals surface area contributed by atoms with Crippen molar-refractivity contribution in [2.75, 3.05) is 26.5 Å². The van der Waals surface area contributed by atoms with Crippen molar-refractivity contribution < 1.29 is 26.4 Å². The van der Waals surface area contributed by atoms with Crippen LogP contribution in [-0.4, -0.2) is 54.3 Å². The number of methoxy groups -OCH3 is 1. The van der Waals surface area contributed by atoms with Crippen LogP contribution in [0.3, 0.4) is 0 Å². The summed E-state index contributed by atoms with van der Waals surface area (Å²) in [6.45, 7) is 3.39. The van der Waals surface area contributed by atoms with E-state index in [1.54, 1.807) is 13.8 Å². The fourth-order valence-electron chi connectivity index (χ4n) is 2.53. The standard InChI is InChI=1S/C19H25N3O6S2/c1-13(2)21-29(24,25)15-9-10-18(28-5)17(12-15)20-19(23)14-7-6-8-16(11-14)30(26,27)22(3)4/h6-13,21H,1-5H3,(H,20,23). The van der Waals surface area contributed by atoms with Crippen molar-refractivity contribution in [1.29, 1.82) is 0 Å². The molecular formula is C19H25N3O6S2. The van der Waals surface area contributed by atoms with E-state index < -0.39 is 26.0 Å². The van der Waals surface area contributed by atoms with Crippen LogP contribution in [0.5, 0.6) is 5.75 Å². The van der Waals surface area contributed by atoms with Crippen molar-refractivity contribution >= 4 is 31.6 Å². The zero-order chi connectivity index (χ0) is 22.7. The topological polar surface area (TPSA) is 122 Å². The summed E-state index contributed by atoms with van der Waals surface area (Å²) >= 11 is 0. The molecule has 0 fully saturated rings. The molecule has 2 aromatic carbocycles. The summed E-state index contributed by atoms with van der Waals surface area (Å²) in [5.74, 6) is -0.362. The predicted octanol–water partition coefficient (Wildman–Crippen LogP) is 1.88. The van der Waals surface area contributed by atoms with Gasteiger partial charge in [-0.15, -0.1) is 0 Å². The summed E-state index contributed by atoms with van der Waals surface area (Å²) in [7, 11) is -3.33. The molecule has 0 saturated carbocycles. The Morgan fingerprint density at radius 3 is 2.23 bits per heavy atom. The van der Waals surface area contributed by atoms with E-state index in [1.807, 2.05) is 0 Å². The summed E-state index contributed by atoms with van der Waals surface area (Å²) in [6, 6.07) is 9.31. The number of nitrogens with one attached hydrogen (secondary N) is 2. The van der Waals surface area contributed by atoms with Crippen molar-refractivity contribution in [1.82, 2.24) is 9.03 Å². The van der Waals surface area contributed by atoms with Crippen molar-refractivity contribution in [3.63, 3.8) is 0 Å². The first kappa shape index (κ1) is 23.8. The summed E-state index contributed by atoms with van der Waals surface area (Å²) in [6.07, 6.45) is 0. The van der Waals surface area contributed by atoms with Crippen molar-refractivity contribution in [3.8, 4) is 5.75 Å². The van der Waals surface area contributed by atoms with Crippen molar-refractivity contribution in [3.05, 3.63) is 48.0 Å². The van der Waals surface area contributed by atoms with Crippen LogP contribution in [0, 0.1) is 0 Å². The first-order chi connectivity index (χ1) is 13.9. The molecule has 0 aliphatic heterocycles. The Morgan fingerprint density at radius 1 is 1.00 bits per heavy atom. The number of ether oxygens (including phenoxy) is 1. The van der Waals surface area contributed by atoms with Crippen molar-refractivity contribution in [2.45, 2.75) is 29.7 Å².